The van der Waals surface area contributed by atoms with Crippen LogP contribution in [-0.2, 0) is 20.8 Å². The molecule has 2 fully saturated rings. The van der Waals surface area contributed by atoms with E-state index < -0.39 is 0 Å². The van der Waals surface area contributed by atoms with E-state index in [1.807, 2.05) is 24.3 Å². The summed E-state index contributed by atoms with van der Waals surface area (Å²) in [5.74, 6) is 0.488. The maximum Gasteiger partial charge on any atom is 0.337 e. The lowest BCUT2D eigenvalue weighted by Crippen LogP contribution is -2.34. The molecule has 1 atom stereocenters. The first-order valence-electron chi connectivity index (χ1n) is 10.4. The first-order chi connectivity index (χ1) is 13.6. The molecule has 2 aliphatic heterocycles. The number of methoxy groups -OCH3 is 1. The van der Waals surface area contributed by atoms with Crippen molar-refractivity contribution in [3.8, 4) is 0 Å². The summed E-state index contributed by atoms with van der Waals surface area (Å²) in [5, 5.41) is 3.02. The number of carbonyl (C=O) groups is 2. The fraction of sp³-hybridized carbons (Fsp3) is 0.636. The Kier molecular flexibility index (Phi) is 7.86. The predicted octanol–water partition coefficient (Wildman–Crippen LogP) is 2.76. The van der Waals surface area contributed by atoms with Crippen LogP contribution in [0.3, 0.4) is 0 Å². The highest BCUT2D eigenvalue weighted by molar-refractivity contribution is 5.89. The number of esters is 1. The van der Waals surface area contributed by atoms with E-state index in [-0.39, 0.29) is 18.0 Å². The van der Waals surface area contributed by atoms with Crippen molar-refractivity contribution in [3.63, 3.8) is 0 Å². The average molecular weight is 389 g/mol. The number of likely N-dealkylation sites (tertiary alicyclic amines) is 1. The van der Waals surface area contributed by atoms with Gasteiger partial charge in [-0.3, -0.25) is 9.69 Å². The molecule has 2 saturated heterocycles. The molecule has 154 valence electrons. The molecule has 1 amide bonds. The zero-order valence-electron chi connectivity index (χ0n) is 16.8. The Morgan fingerprint density at radius 2 is 1.93 bits per heavy atom. The highest BCUT2D eigenvalue weighted by Gasteiger charge is 2.21. The molecule has 28 heavy (non-hydrogen) atoms. The molecular weight excluding hydrogens is 356 g/mol. The van der Waals surface area contributed by atoms with Crippen LogP contribution in [0.1, 0.15) is 54.4 Å². The Hall–Kier alpha value is -1.92. The molecule has 3 rings (SSSR count). The van der Waals surface area contributed by atoms with Crippen molar-refractivity contribution in [1.29, 1.82) is 0 Å². The number of hydrogen-bond donors (Lipinski definition) is 1. The second kappa shape index (κ2) is 10.6. The first kappa shape index (κ1) is 20.8. The molecule has 1 aromatic carbocycles. The predicted molar refractivity (Wildman–Crippen MR) is 107 cm³/mol. The van der Waals surface area contributed by atoms with Crippen molar-refractivity contribution in [2.75, 3.05) is 33.4 Å². The van der Waals surface area contributed by atoms with Gasteiger partial charge in [-0.05, 0) is 68.8 Å². The fourth-order valence-electron chi connectivity index (χ4n) is 4.01. The summed E-state index contributed by atoms with van der Waals surface area (Å²) in [6.07, 6.45) is 6.25. The Bertz CT molecular complexity index is 632. The third kappa shape index (κ3) is 6.31. The van der Waals surface area contributed by atoms with Gasteiger partial charge >= 0.3 is 5.97 Å². The third-order valence-corrected chi connectivity index (χ3v) is 5.82. The molecule has 0 saturated carbocycles. The molecule has 0 radical (unpaired) electrons. The molecular formula is C22H32N2O4. The number of benzene rings is 1. The van der Waals surface area contributed by atoms with Crippen molar-refractivity contribution >= 4 is 11.9 Å². The summed E-state index contributed by atoms with van der Waals surface area (Å²) in [6.45, 7) is 4.50. The van der Waals surface area contributed by atoms with Crippen LogP contribution in [0.2, 0.25) is 0 Å². The zero-order chi connectivity index (χ0) is 19.8. The molecule has 0 spiro atoms. The van der Waals surface area contributed by atoms with Crippen LogP contribution in [-0.4, -0.2) is 56.2 Å². The van der Waals surface area contributed by atoms with Gasteiger partial charge in [-0.25, -0.2) is 4.79 Å². The summed E-state index contributed by atoms with van der Waals surface area (Å²) in [6, 6.07) is 7.64. The van der Waals surface area contributed by atoms with E-state index >= 15 is 0 Å². The quantitative estimate of drug-likeness (QED) is 0.694. The standard InChI is InChI=1S/C22H32N2O4/c1-27-22(26)19-7-4-18(5-8-19)16-24-12-10-17(11-13-24)6-9-21(25)23-15-20-3-2-14-28-20/h4-5,7-8,17,20H,2-3,6,9-16H2,1H3,(H,23,25)/t20-/m1/s1. The van der Waals surface area contributed by atoms with Gasteiger partial charge in [0.15, 0.2) is 0 Å². The molecule has 6 nitrogen and oxygen atoms in total. The normalized spacial score (nSPS) is 20.8. The van der Waals surface area contributed by atoms with Crippen LogP contribution < -0.4 is 5.32 Å². The van der Waals surface area contributed by atoms with Crippen LogP contribution in [0.15, 0.2) is 24.3 Å². The zero-order valence-corrected chi connectivity index (χ0v) is 16.8. The highest BCUT2D eigenvalue weighted by Crippen LogP contribution is 2.23. The highest BCUT2D eigenvalue weighted by atomic mass is 16.5. The van der Waals surface area contributed by atoms with Gasteiger partial charge in [-0.15, -0.1) is 0 Å². The number of amides is 1. The van der Waals surface area contributed by atoms with Crippen LogP contribution >= 0.6 is 0 Å². The molecule has 1 N–H and O–H groups in total. The van der Waals surface area contributed by atoms with Gasteiger partial charge < -0.3 is 14.8 Å². The van der Waals surface area contributed by atoms with Crippen LogP contribution in [0.25, 0.3) is 0 Å². The van der Waals surface area contributed by atoms with E-state index in [4.69, 9.17) is 9.47 Å². The topological polar surface area (TPSA) is 67.9 Å². The summed E-state index contributed by atoms with van der Waals surface area (Å²) in [4.78, 5) is 26.0. The number of rotatable bonds is 8. The number of piperidine rings is 1. The van der Waals surface area contributed by atoms with Crippen molar-refractivity contribution < 1.29 is 19.1 Å². The lowest BCUT2D eigenvalue weighted by Gasteiger charge is -2.32. The van der Waals surface area contributed by atoms with Gasteiger partial charge in [-0.2, -0.15) is 0 Å². The first-order valence-corrected chi connectivity index (χ1v) is 10.4. The van der Waals surface area contributed by atoms with Gasteiger partial charge in [0.05, 0.1) is 18.8 Å². The number of ether oxygens (including phenoxy) is 2. The summed E-state index contributed by atoms with van der Waals surface area (Å²) < 4.78 is 10.3. The van der Waals surface area contributed by atoms with E-state index in [9.17, 15) is 9.59 Å². The maximum absolute atomic E-state index is 12.0. The monoisotopic (exact) mass is 388 g/mol. The number of nitrogens with zero attached hydrogens (tertiary/aromatic N) is 1. The van der Waals surface area contributed by atoms with Crippen molar-refractivity contribution in [2.45, 2.75) is 51.2 Å². The second-order valence-corrected chi connectivity index (χ2v) is 7.89. The minimum Gasteiger partial charge on any atom is -0.465 e. The fourth-order valence-corrected chi connectivity index (χ4v) is 4.01. The largest absolute Gasteiger partial charge is 0.465 e. The molecule has 2 aliphatic rings. The van der Waals surface area contributed by atoms with Gasteiger partial charge in [0.2, 0.25) is 5.91 Å². The lowest BCUT2D eigenvalue weighted by atomic mass is 9.92. The third-order valence-electron chi connectivity index (χ3n) is 5.82. The minimum atomic E-state index is -0.299. The van der Waals surface area contributed by atoms with Gasteiger partial charge in [0.25, 0.3) is 0 Å². The second-order valence-electron chi connectivity index (χ2n) is 7.89. The van der Waals surface area contributed by atoms with E-state index in [1.165, 1.54) is 12.7 Å². The number of carbonyl (C=O) groups excluding carboxylic acids is 2. The van der Waals surface area contributed by atoms with E-state index in [1.54, 1.807) is 0 Å². The smallest absolute Gasteiger partial charge is 0.337 e. The molecule has 0 aliphatic carbocycles. The Labute approximate surface area is 167 Å². The molecule has 2 heterocycles. The molecule has 0 aromatic heterocycles. The molecule has 0 unspecified atom stereocenters. The molecule has 0 bridgehead atoms. The average Bonchev–Trinajstić information content (AvgIpc) is 3.25. The summed E-state index contributed by atoms with van der Waals surface area (Å²) >= 11 is 0. The number of hydrogen-bond acceptors (Lipinski definition) is 5. The summed E-state index contributed by atoms with van der Waals surface area (Å²) in [5.41, 5.74) is 1.79. The summed E-state index contributed by atoms with van der Waals surface area (Å²) in [7, 11) is 1.40. The van der Waals surface area contributed by atoms with E-state index in [0.29, 0.717) is 24.4 Å². The van der Waals surface area contributed by atoms with Gasteiger partial charge in [0.1, 0.15) is 0 Å². The van der Waals surface area contributed by atoms with Crippen LogP contribution in [0.5, 0.6) is 0 Å². The Balaban J connectivity index is 1.31. The van der Waals surface area contributed by atoms with Crippen molar-refractivity contribution in [2.24, 2.45) is 5.92 Å². The lowest BCUT2D eigenvalue weighted by molar-refractivity contribution is -0.122. The van der Waals surface area contributed by atoms with Crippen molar-refractivity contribution in [3.05, 3.63) is 35.4 Å². The van der Waals surface area contributed by atoms with Crippen molar-refractivity contribution in [1.82, 2.24) is 10.2 Å². The van der Waals surface area contributed by atoms with Gasteiger partial charge in [-0.1, -0.05) is 12.1 Å². The van der Waals surface area contributed by atoms with Crippen LogP contribution in [0.4, 0.5) is 0 Å². The maximum atomic E-state index is 12.0. The molecule has 6 heteroatoms. The Morgan fingerprint density at radius 1 is 1.18 bits per heavy atom. The SMILES string of the molecule is COC(=O)c1ccc(CN2CCC(CCC(=O)NC[C@H]3CCCO3)CC2)cc1. The molecule has 1 aromatic rings. The van der Waals surface area contributed by atoms with E-state index in [2.05, 4.69) is 10.2 Å². The van der Waals surface area contributed by atoms with Gasteiger partial charge in [0, 0.05) is 26.1 Å². The van der Waals surface area contributed by atoms with Crippen LogP contribution in [0, 0.1) is 5.92 Å². The Morgan fingerprint density at radius 3 is 2.57 bits per heavy atom. The minimum absolute atomic E-state index is 0.156. The van der Waals surface area contributed by atoms with E-state index in [0.717, 1.165) is 58.3 Å². The number of nitrogens with one attached hydrogen (secondary N) is 1.